The Hall–Kier alpha value is -2.34. The van der Waals surface area contributed by atoms with Gasteiger partial charge in [-0.1, -0.05) is 18.2 Å². The van der Waals surface area contributed by atoms with Gasteiger partial charge in [0.1, 0.15) is 23.7 Å². The molecule has 0 unspecified atom stereocenters. The van der Waals surface area contributed by atoms with Crippen LogP contribution in [-0.4, -0.2) is 39.0 Å². The highest BCUT2D eigenvalue weighted by Gasteiger charge is 2.34. The molecule has 0 aliphatic heterocycles. The van der Waals surface area contributed by atoms with Crippen LogP contribution in [0.1, 0.15) is 29.8 Å². The van der Waals surface area contributed by atoms with Gasteiger partial charge in [0.25, 0.3) is 5.91 Å². The lowest BCUT2D eigenvalue weighted by Crippen LogP contribution is -2.53. The lowest BCUT2D eigenvalue weighted by Gasteiger charge is -2.35. The third-order valence-electron chi connectivity index (χ3n) is 4.20. The van der Waals surface area contributed by atoms with Gasteiger partial charge in [-0.3, -0.25) is 9.48 Å². The van der Waals surface area contributed by atoms with E-state index in [-0.39, 0.29) is 18.1 Å². The molecule has 6 heteroatoms. The van der Waals surface area contributed by atoms with Crippen LogP contribution in [0.15, 0.2) is 42.6 Å². The molecule has 6 nitrogen and oxygen atoms in total. The number of aromatic nitrogens is 2. The SMILES string of the molecule is Cn1nccc1C(=O)N[C@@H]1CCC[C@@H](Oc2ccccc2)[C@@H]1O. The molecule has 1 aromatic carbocycles. The molecule has 3 atom stereocenters. The molecule has 3 rings (SSSR count). The highest BCUT2D eigenvalue weighted by Crippen LogP contribution is 2.24. The van der Waals surface area contributed by atoms with Gasteiger partial charge in [0.05, 0.1) is 6.04 Å². The second kappa shape index (κ2) is 6.83. The van der Waals surface area contributed by atoms with Crippen molar-refractivity contribution in [3.05, 3.63) is 48.3 Å². The molecule has 1 aromatic heterocycles. The number of nitrogens with zero attached hydrogens (tertiary/aromatic N) is 2. The summed E-state index contributed by atoms with van der Waals surface area (Å²) in [6.45, 7) is 0. The van der Waals surface area contributed by atoms with Crippen molar-refractivity contribution < 1.29 is 14.6 Å². The van der Waals surface area contributed by atoms with Crippen molar-refractivity contribution in [3.8, 4) is 5.75 Å². The minimum Gasteiger partial charge on any atom is -0.488 e. The summed E-state index contributed by atoms with van der Waals surface area (Å²) in [4.78, 5) is 12.3. The second-order valence-electron chi connectivity index (χ2n) is 5.81. The topological polar surface area (TPSA) is 76.4 Å². The molecule has 1 heterocycles. The zero-order chi connectivity index (χ0) is 16.2. The number of carbonyl (C=O) groups excluding carboxylic acids is 1. The van der Waals surface area contributed by atoms with Crippen molar-refractivity contribution in [1.82, 2.24) is 15.1 Å². The Morgan fingerprint density at radius 3 is 2.78 bits per heavy atom. The van der Waals surface area contributed by atoms with Crippen LogP contribution in [0.3, 0.4) is 0 Å². The van der Waals surface area contributed by atoms with Crippen molar-refractivity contribution in [2.75, 3.05) is 0 Å². The number of carbonyl (C=O) groups is 1. The van der Waals surface area contributed by atoms with Crippen LogP contribution in [0.2, 0.25) is 0 Å². The van der Waals surface area contributed by atoms with E-state index in [0.29, 0.717) is 5.69 Å². The molecule has 2 N–H and O–H groups in total. The molecule has 0 spiro atoms. The summed E-state index contributed by atoms with van der Waals surface area (Å²) in [5, 5.41) is 17.4. The average molecular weight is 315 g/mol. The first kappa shape index (κ1) is 15.6. The van der Waals surface area contributed by atoms with E-state index in [1.807, 2.05) is 30.3 Å². The number of ether oxygens (including phenoxy) is 1. The normalized spacial score (nSPS) is 24.2. The number of hydrogen-bond donors (Lipinski definition) is 2. The lowest BCUT2D eigenvalue weighted by atomic mass is 9.89. The molecule has 1 amide bonds. The van der Waals surface area contributed by atoms with Gasteiger partial charge >= 0.3 is 0 Å². The Morgan fingerprint density at radius 1 is 1.30 bits per heavy atom. The Balaban J connectivity index is 1.64. The molecule has 1 fully saturated rings. The van der Waals surface area contributed by atoms with E-state index in [1.165, 1.54) is 4.68 Å². The quantitative estimate of drug-likeness (QED) is 0.897. The van der Waals surface area contributed by atoms with Crippen molar-refractivity contribution in [3.63, 3.8) is 0 Å². The summed E-state index contributed by atoms with van der Waals surface area (Å²) in [6.07, 6.45) is 2.93. The predicted molar refractivity (Wildman–Crippen MR) is 85.2 cm³/mol. The zero-order valence-electron chi connectivity index (χ0n) is 13.1. The highest BCUT2D eigenvalue weighted by atomic mass is 16.5. The Bertz CT molecular complexity index is 656. The van der Waals surface area contributed by atoms with Crippen LogP contribution < -0.4 is 10.1 Å². The molecule has 1 saturated carbocycles. The van der Waals surface area contributed by atoms with Gasteiger partial charge in [-0.2, -0.15) is 5.10 Å². The van der Waals surface area contributed by atoms with Crippen LogP contribution in [0, 0.1) is 0 Å². The highest BCUT2D eigenvalue weighted by molar-refractivity contribution is 5.92. The molecule has 122 valence electrons. The number of aliphatic hydroxyl groups is 1. The van der Waals surface area contributed by atoms with Gasteiger partial charge < -0.3 is 15.2 Å². The van der Waals surface area contributed by atoms with E-state index < -0.39 is 6.10 Å². The molecule has 0 radical (unpaired) electrons. The van der Waals surface area contributed by atoms with E-state index in [2.05, 4.69) is 10.4 Å². The van der Waals surface area contributed by atoms with Crippen LogP contribution in [0.5, 0.6) is 5.75 Å². The summed E-state index contributed by atoms with van der Waals surface area (Å²) >= 11 is 0. The van der Waals surface area contributed by atoms with E-state index >= 15 is 0 Å². The minimum atomic E-state index is -0.735. The summed E-state index contributed by atoms with van der Waals surface area (Å²) in [6, 6.07) is 10.8. The molecule has 0 saturated heterocycles. The number of benzene rings is 1. The lowest BCUT2D eigenvalue weighted by molar-refractivity contribution is -0.0141. The number of amides is 1. The van der Waals surface area contributed by atoms with E-state index in [4.69, 9.17) is 4.74 Å². The fourth-order valence-corrected chi connectivity index (χ4v) is 2.94. The van der Waals surface area contributed by atoms with E-state index in [9.17, 15) is 9.90 Å². The Kier molecular flexibility index (Phi) is 4.62. The number of rotatable bonds is 4. The van der Waals surface area contributed by atoms with Gasteiger partial charge in [-0.05, 0) is 37.5 Å². The first-order valence-corrected chi connectivity index (χ1v) is 7.84. The summed E-state index contributed by atoms with van der Waals surface area (Å²) in [7, 11) is 1.72. The number of nitrogens with one attached hydrogen (secondary N) is 1. The van der Waals surface area contributed by atoms with Gasteiger partial charge in [0.2, 0.25) is 0 Å². The Labute approximate surface area is 135 Å². The first-order chi connectivity index (χ1) is 11.1. The third kappa shape index (κ3) is 3.53. The zero-order valence-corrected chi connectivity index (χ0v) is 13.1. The molecular formula is C17H21N3O3. The molecule has 1 aliphatic carbocycles. The first-order valence-electron chi connectivity index (χ1n) is 7.84. The molecule has 1 aliphatic rings. The van der Waals surface area contributed by atoms with E-state index in [0.717, 1.165) is 25.0 Å². The van der Waals surface area contributed by atoms with Crippen molar-refractivity contribution in [2.45, 2.75) is 37.5 Å². The number of hydrogen-bond acceptors (Lipinski definition) is 4. The van der Waals surface area contributed by atoms with Crippen molar-refractivity contribution in [2.24, 2.45) is 7.05 Å². The van der Waals surface area contributed by atoms with Gasteiger partial charge in [-0.15, -0.1) is 0 Å². The van der Waals surface area contributed by atoms with Crippen LogP contribution in [-0.2, 0) is 7.05 Å². The summed E-state index contributed by atoms with van der Waals surface area (Å²) in [5.74, 6) is 0.504. The van der Waals surface area contributed by atoms with Gasteiger partial charge in [0.15, 0.2) is 0 Å². The fraction of sp³-hybridized carbons (Fsp3) is 0.412. The van der Waals surface area contributed by atoms with Gasteiger partial charge in [0, 0.05) is 13.2 Å². The monoisotopic (exact) mass is 315 g/mol. The standard InChI is InChI=1S/C17H21N3O3/c1-20-14(10-11-18-20)17(22)19-13-8-5-9-15(16(13)21)23-12-6-3-2-4-7-12/h2-4,6-7,10-11,13,15-16,21H,5,8-9H2,1H3,(H,19,22)/t13-,15-,16-/m1/s1. The molecular weight excluding hydrogens is 294 g/mol. The maximum atomic E-state index is 12.3. The summed E-state index contributed by atoms with van der Waals surface area (Å²) in [5.41, 5.74) is 0.475. The number of aryl methyl sites for hydroxylation is 1. The van der Waals surface area contributed by atoms with Crippen LogP contribution in [0.4, 0.5) is 0 Å². The smallest absolute Gasteiger partial charge is 0.269 e. The summed E-state index contributed by atoms with van der Waals surface area (Å²) < 4.78 is 7.39. The maximum Gasteiger partial charge on any atom is 0.269 e. The third-order valence-corrected chi connectivity index (χ3v) is 4.20. The molecule has 2 aromatic rings. The van der Waals surface area contributed by atoms with Gasteiger partial charge in [-0.25, -0.2) is 0 Å². The fourth-order valence-electron chi connectivity index (χ4n) is 2.94. The minimum absolute atomic E-state index is 0.227. The Morgan fingerprint density at radius 2 is 2.09 bits per heavy atom. The maximum absolute atomic E-state index is 12.3. The second-order valence-corrected chi connectivity index (χ2v) is 5.81. The van der Waals surface area contributed by atoms with Crippen molar-refractivity contribution in [1.29, 1.82) is 0 Å². The van der Waals surface area contributed by atoms with Crippen molar-refractivity contribution >= 4 is 5.91 Å². The molecule has 0 bridgehead atoms. The predicted octanol–water partition coefficient (Wildman–Crippen LogP) is 1.51. The van der Waals surface area contributed by atoms with E-state index in [1.54, 1.807) is 19.3 Å². The number of aliphatic hydroxyl groups excluding tert-OH is 1. The van der Waals surface area contributed by atoms with Crippen LogP contribution >= 0.6 is 0 Å². The average Bonchev–Trinajstić information content (AvgIpc) is 2.98. The molecule has 23 heavy (non-hydrogen) atoms. The largest absolute Gasteiger partial charge is 0.488 e. The number of para-hydroxylation sites is 1. The van der Waals surface area contributed by atoms with Crippen LogP contribution in [0.25, 0.3) is 0 Å².